The summed E-state index contributed by atoms with van der Waals surface area (Å²) in [6, 6.07) is 23.6. The van der Waals surface area contributed by atoms with Gasteiger partial charge in [-0.1, -0.05) is 47.7 Å². The van der Waals surface area contributed by atoms with Crippen LogP contribution in [0.3, 0.4) is 0 Å². The minimum absolute atomic E-state index is 0.138. The van der Waals surface area contributed by atoms with E-state index < -0.39 is 11.6 Å². The molecule has 12 heteroatoms. The van der Waals surface area contributed by atoms with Gasteiger partial charge >= 0.3 is 11.9 Å². The number of hydrogen-bond acceptors (Lipinski definition) is 11. The number of nitrogens with zero attached hydrogens (tertiary/aromatic N) is 4. The lowest BCUT2D eigenvalue weighted by molar-refractivity contribution is -0.145. The van der Waals surface area contributed by atoms with E-state index in [9.17, 15) is 14.4 Å². The zero-order valence-electron chi connectivity index (χ0n) is 35.3. The molecule has 2 aromatic heterocycles. The van der Waals surface area contributed by atoms with Crippen LogP contribution in [0.2, 0.25) is 0 Å². The van der Waals surface area contributed by atoms with Crippen LogP contribution in [0.4, 0.5) is 10.9 Å². The number of amides is 1. The first-order chi connectivity index (χ1) is 28.9. The molecule has 3 aromatic carbocycles. The predicted octanol–water partition coefficient (Wildman–Crippen LogP) is 9.26. The van der Waals surface area contributed by atoms with Gasteiger partial charge in [-0.2, -0.15) is 0 Å². The van der Waals surface area contributed by atoms with Crippen LogP contribution in [0.15, 0.2) is 72.8 Å². The fourth-order valence-electron chi connectivity index (χ4n) is 9.17. The van der Waals surface area contributed by atoms with E-state index in [-0.39, 0.29) is 17.6 Å². The van der Waals surface area contributed by atoms with Crippen LogP contribution in [0.5, 0.6) is 5.75 Å². The summed E-state index contributed by atoms with van der Waals surface area (Å²) < 4.78 is 18.7. The number of anilines is 2. The number of carbonyl (C=O) groups excluding carboxylic acids is 3. The number of hydrogen-bond donors (Lipinski definition) is 1. The Morgan fingerprint density at radius 3 is 2.50 bits per heavy atom. The Morgan fingerprint density at radius 1 is 0.917 bits per heavy atom. The van der Waals surface area contributed by atoms with Crippen LogP contribution in [-0.4, -0.2) is 77.7 Å². The van der Waals surface area contributed by atoms with E-state index in [4.69, 9.17) is 19.2 Å². The van der Waals surface area contributed by atoms with Crippen molar-refractivity contribution in [3.05, 3.63) is 101 Å². The average Bonchev–Trinajstić information content (AvgIpc) is 3.83. The van der Waals surface area contributed by atoms with Crippen molar-refractivity contribution in [3.63, 3.8) is 0 Å². The highest BCUT2D eigenvalue weighted by atomic mass is 32.1. The highest BCUT2D eigenvalue weighted by molar-refractivity contribution is 7.22. The second-order valence-electron chi connectivity index (χ2n) is 17.6. The van der Waals surface area contributed by atoms with E-state index in [1.807, 2.05) is 101 Å². The second kappa shape index (κ2) is 17.3. The fraction of sp³-hybridized carbons (Fsp3) is 0.438. The number of fused-ring (bicyclic) bond motifs is 2. The van der Waals surface area contributed by atoms with E-state index >= 15 is 0 Å². The molecule has 1 N–H and O–H groups in total. The lowest BCUT2D eigenvalue weighted by Crippen LogP contribution is -2.41. The maximum atomic E-state index is 14.0. The number of ether oxygens (including phenoxy) is 3. The summed E-state index contributed by atoms with van der Waals surface area (Å²) in [7, 11) is 0. The molecule has 0 unspecified atom stereocenters. The van der Waals surface area contributed by atoms with Gasteiger partial charge in [-0.15, -0.1) is 0 Å². The van der Waals surface area contributed by atoms with E-state index in [2.05, 4.69) is 26.2 Å². The first-order valence-corrected chi connectivity index (χ1v) is 22.1. The number of esters is 2. The number of rotatable bonds is 11. The number of benzene rings is 3. The molecule has 1 atom stereocenters. The van der Waals surface area contributed by atoms with E-state index in [1.165, 1.54) is 17.8 Å². The van der Waals surface area contributed by atoms with Crippen LogP contribution < -0.4 is 15.0 Å². The van der Waals surface area contributed by atoms with Gasteiger partial charge in [0.1, 0.15) is 17.2 Å². The molecule has 4 heterocycles. The maximum absolute atomic E-state index is 14.0. The average molecular weight is 830 g/mol. The molecular formula is C48H55N5O6S. The van der Waals surface area contributed by atoms with Crippen molar-refractivity contribution < 1.29 is 28.6 Å². The third kappa shape index (κ3) is 9.19. The van der Waals surface area contributed by atoms with Gasteiger partial charge in [0, 0.05) is 24.2 Å². The molecule has 2 fully saturated rings. The second-order valence-corrected chi connectivity index (χ2v) is 18.6. The normalized spacial score (nSPS) is 17.7. The number of aromatic nitrogens is 2. The summed E-state index contributed by atoms with van der Waals surface area (Å²) in [5, 5.41) is 3.59. The van der Waals surface area contributed by atoms with Gasteiger partial charge in [0.25, 0.3) is 5.91 Å². The van der Waals surface area contributed by atoms with Crippen LogP contribution in [0.25, 0.3) is 21.3 Å². The number of para-hydroxylation sites is 1. The van der Waals surface area contributed by atoms with Crippen LogP contribution >= 0.6 is 11.3 Å². The third-order valence-electron chi connectivity index (χ3n) is 12.3. The number of thiazole rings is 1. The molecule has 1 saturated carbocycles. The predicted molar refractivity (Wildman–Crippen MR) is 236 cm³/mol. The molecule has 60 heavy (non-hydrogen) atoms. The van der Waals surface area contributed by atoms with Crippen LogP contribution in [0.1, 0.15) is 97.3 Å². The van der Waals surface area contributed by atoms with Gasteiger partial charge in [-0.25, -0.2) is 14.8 Å². The lowest BCUT2D eigenvalue weighted by Gasteiger charge is -2.39. The molecule has 1 amide bonds. The molecule has 0 radical (unpaired) electrons. The standard InChI is InChI=1S/C48H55N5O6S/c1-6-57-42(54)29-52-25-22-48(23-26-52)21-19-32(27-48)30-58-39-15-10-12-34(31(39)2)35-17-18-41(50-43(35)45(56)59-47(3,4)5)53-24-20-33-11-9-13-36(37(33)28-53)44(55)51-46-49-38-14-7-8-16-40(38)60-46/h7-18,32H,6,19-30H2,1-5H3,(H,49,51,55)/t32-/m1/s1. The minimum atomic E-state index is -0.724. The molecule has 2 aliphatic heterocycles. The Bertz CT molecular complexity index is 2360. The monoisotopic (exact) mass is 829 g/mol. The summed E-state index contributed by atoms with van der Waals surface area (Å²) in [5.74, 6) is 1.05. The Hall–Kier alpha value is -5.33. The van der Waals surface area contributed by atoms with Crippen molar-refractivity contribution in [1.29, 1.82) is 0 Å². The molecule has 3 aliphatic rings. The van der Waals surface area contributed by atoms with E-state index in [1.54, 1.807) is 0 Å². The van der Waals surface area contributed by atoms with Crippen molar-refractivity contribution in [2.45, 2.75) is 85.3 Å². The quantitative estimate of drug-likeness (QED) is 0.129. The summed E-state index contributed by atoms with van der Waals surface area (Å²) in [6.07, 6.45) is 6.35. The molecule has 5 aromatic rings. The summed E-state index contributed by atoms with van der Waals surface area (Å²) in [5.41, 5.74) is 5.80. The third-order valence-corrected chi connectivity index (χ3v) is 13.2. The summed E-state index contributed by atoms with van der Waals surface area (Å²) >= 11 is 1.45. The van der Waals surface area contributed by atoms with Crippen LogP contribution in [-0.2, 0) is 27.2 Å². The Morgan fingerprint density at radius 2 is 1.72 bits per heavy atom. The number of nitrogens with one attached hydrogen (secondary N) is 1. The molecule has 1 aliphatic carbocycles. The maximum Gasteiger partial charge on any atom is 0.358 e. The minimum Gasteiger partial charge on any atom is -0.493 e. The molecule has 11 nitrogen and oxygen atoms in total. The molecule has 314 valence electrons. The van der Waals surface area contributed by atoms with Gasteiger partial charge < -0.3 is 19.1 Å². The van der Waals surface area contributed by atoms with Gasteiger partial charge in [0.05, 0.1) is 30.0 Å². The highest BCUT2D eigenvalue weighted by Crippen LogP contribution is 2.49. The van der Waals surface area contributed by atoms with Crippen molar-refractivity contribution >= 4 is 50.3 Å². The SMILES string of the molecule is CCOC(=O)CN1CCC2(CC[C@@H](COc3cccc(-c4ccc(N5CCc6cccc(C(=O)Nc7nc8ccccc8s7)c6C5)nc4C(=O)OC(C)(C)C)c3C)C2)CC1. The largest absolute Gasteiger partial charge is 0.493 e. The zero-order chi connectivity index (χ0) is 42.0. The Balaban J connectivity index is 0.987. The molecule has 0 bridgehead atoms. The van der Waals surface area contributed by atoms with Gasteiger partial charge in [0.2, 0.25) is 0 Å². The van der Waals surface area contributed by atoms with Crippen molar-refractivity contribution in [3.8, 4) is 16.9 Å². The van der Waals surface area contributed by atoms with Crippen molar-refractivity contribution in [2.24, 2.45) is 11.3 Å². The number of carbonyl (C=O) groups is 3. The van der Waals surface area contributed by atoms with Gasteiger partial charge in [-0.05, 0) is 156 Å². The number of pyridine rings is 1. The molecular weight excluding hydrogens is 775 g/mol. The van der Waals surface area contributed by atoms with Gasteiger partial charge in [0.15, 0.2) is 10.8 Å². The fourth-order valence-corrected chi connectivity index (χ4v) is 10.0. The van der Waals surface area contributed by atoms with E-state index in [0.29, 0.717) is 66.3 Å². The molecule has 8 rings (SSSR count). The number of piperidine rings is 1. The first-order valence-electron chi connectivity index (χ1n) is 21.2. The highest BCUT2D eigenvalue weighted by Gasteiger charge is 2.42. The van der Waals surface area contributed by atoms with Crippen molar-refractivity contribution in [2.75, 3.05) is 49.6 Å². The topological polar surface area (TPSA) is 123 Å². The van der Waals surface area contributed by atoms with Crippen molar-refractivity contribution in [1.82, 2.24) is 14.9 Å². The van der Waals surface area contributed by atoms with Gasteiger partial charge in [-0.3, -0.25) is 19.8 Å². The molecule has 1 saturated heterocycles. The van der Waals surface area contributed by atoms with E-state index in [0.717, 1.165) is 83.4 Å². The Kier molecular flexibility index (Phi) is 12.0. The smallest absolute Gasteiger partial charge is 0.358 e. The number of likely N-dealkylation sites (tertiary alicyclic amines) is 1. The Labute approximate surface area is 356 Å². The van der Waals surface area contributed by atoms with Crippen LogP contribution in [0, 0.1) is 18.3 Å². The zero-order valence-corrected chi connectivity index (χ0v) is 36.2. The summed E-state index contributed by atoms with van der Waals surface area (Å²) in [6.45, 7) is 13.9. The lowest BCUT2D eigenvalue weighted by atomic mass is 9.76. The summed E-state index contributed by atoms with van der Waals surface area (Å²) in [4.78, 5) is 53.7. The first kappa shape index (κ1) is 41.4. The molecule has 1 spiro atoms.